The van der Waals surface area contributed by atoms with Gasteiger partial charge in [-0.1, -0.05) is 0 Å². The third kappa shape index (κ3) is 4.20. The Morgan fingerprint density at radius 2 is 1.82 bits per heavy atom. The molecular formula is C20H33N3O5. The minimum atomic E-state index is -0.108. The Morgan fingerprint density at radius 3 is 2.46 bits per heavy atom. The molecule has 4 aliphatic rings. The molecule has 8 nitrogen and oxygen atoms in total. The summed E-state index contributed by atoms with van der Waals surface area (Å²) < 4.78 is 16.9. The highest BCUT2D eigenvalue weighted by Gasteiger charge is 2.53. The molecule has 0 aromatic heterocycles. The molecule has 4 rings (SSSR count). The van der Waals surface area contributed by atoms with E-state index in [4.69, 9.17) is 14.2 Å². The summed E-state index contributed by atoms with van der Waals surface area (Å²) in [5, 5.41) is 3.02. The molecule has 8 heteroatoms. The van der Waals surface area contributed by atoms with Crippen LogP contribution in [0.15, 0.2) is 0 Å². The zero-order chi connectivity index (χ0) is 19.7. The molecule has 0 spiro atoms. The fourth-order valence-electron chi connectivity index (χ4n) is 5.12. The number of fused-ring (bicyclic) bond motifs is 1. The van der Waals surface area contributed by atoms with Crippen molar-refractivity contribution >= 4 is 11.8 Å². The van der Waals surface area contributed by atoms with E-state index < -0.39 is 0 Å². The smallest absolute Gasteiger partial charge is 0.225 e. The van der Waals surface area contributed by atoms with Gasteiger partial charge >= 0.3 is 0 Å². The Bertz CT molecular complexity index is 576. The van der Waals surface area contributed by atoms with Gasteiger partial charge in [-0.05, 0) is 19.8 Å². The summed E-state index contributed by atoms with van der Waals surface area (Å²) in [4.78, 5) is 29.6. The van der Waals surface area contributed by atoms with E-state index in [0.717, 1.165) is 19.8 Å². The average molecular weight is 396 g/mol. The van der Waals surface area contributed by atoms with Gasteiger partial charge in [-0.25, -0.2) is 0 Å². The standard InChI is InChI=1S/C20H33N3O5/c1-13(2)21-18(24)7-14-9-23(15-10-27-11-15)16-12-28-17(20(14)16)8-19(25)22-3-5-26-6-4-22/h13-17,20H,3-12H2,1-2H3,(H,21,24)/t14-,16-,17+,20-/m1/s1. The number of carbonyl (C=O) groups excluding carboxylic acids is 2. The molecule has 0 aromatic rings. The highest BCUT2D eigenvalue weighted by molar-refractivity contribution is 5.77. The Morgan fingerprint density at radius 1 is 1.07 bits per heavy atom. The van der Waals surface area contributed by atoms with Crippen molar-refractivity contribution in [1.82, 2.24) is 15.1 Å². The van der Waals surface area contributed by atoms with E-state index >= 15 is 0 Å². The Balaban J connectivity index is 1.43. The number of hydrogen-bond donors (Lipinski definition) is 1. The first-order valence-electron chi connectivity index (χ1n) is 10.6. The number of likely N-dealkylation sites (tertiary alicyclic amines) is 1. The van der Waals surface area contributed by atoms with Crippen molar-refractivity contribution in [2.45, 2.75) is 50.9 Å². The summed E-state index contributed by atoms with van der Waals surface area (Å²) in [7, 11) is 0. The van der Waals surface area contributed by atoms with E-state index in [-0.39, 0.29) is 41.8 Å². The van der Waals surface area contributed by atoms with Gasteiger partial charge in [-0.2, -0.15) is 0 Å². The average Bonchev–Trinajstić information content (AvgIpc) is 3.16. The van der Waals surface area contributed by atoms with E-state index in [1.807, 2.05) is 18.7 Å². The van der Waals surface area contributed by atoms with Crippen molar-refractivity contribution in [3.63, 3.8) is 0 Å². The van der Waals surface area contributed by atoms with Crippen LogP contribution in [-0.4, -0.2) is 98.5 Å². The molecule has 1 N–H and O–H groups in total. The van der Waals surface area contributed by atoms with Crippen molar-refractivity contribution in [2.24, 2.45) is 11.8 Å². The van der Waals surface area contributed by atoms with Gasteiger partial charge in [0.2, 0.25) is 11.8 Å². The third-order valence-corrected chi connectivity index (χ3v) is 6.50. The summed E-state index contributed by atoms with van der Waals surface area (Å²) in [6.07, 6.45) is 0.788. The van der Waals surface area contributed by atoms with Crippen LogP contribution in [0.3, 0.4) is 0 Å². The number of morpholine rings is 1. The fourth-order valence-corrected chi connectivity index (χ4v) is 5.12. The molecule has 0 aromatic carbocycles. The molecule has 4 fully saturated rings. The molecule has 4 aliphatic heterocycles. The minimum Gasteiger partial charge on any atom is -0.378 e. The second-order valence-electron chi connectivity index (χ2n) is 8.79. The summed E-state index contributed by atoms with van der Waals surface area (Å²) in [5.74, 6) is 0.679. The highest BCUT2D eigenvalue weighted by Crippen LogP contribution is 2.43. The van der Waals surface area contributed by atoms with Crippen LogP contribution in [-0.2, 0) is 23.8 Å². The van der Waals surface area contributed by atoms with Crippen LogP contribution in [0.4, 0.5) is 0 Å². The maximum Gasteiger partial charge on any atom is 0.225 e. The normalized spacial score (nSPS) is 33.8. The number of carbonyl (C=O) groups is 2. The van der Waals surface area contributed by atoms with Crippen molar-refractivity contribution in [1.29, 1.82) is 0 Å². The van der Waals surface area contributed by atoms with Crippen LogP contribution >= 0.6 is 0 Å². The van der Waals surface area contributed by atoms with Gasteiger partial charge in [0.25, 0.3) is 0 Å². The lowest BCUT2D eigenvalue weighted by molar-refractivity contribution is -0.138. The molecule has 28 heavy (non-hydrogen) atoms. The first kappa shape index (κ1) is 20.1. The Kier molecular flexibility index (Phi) is 6.20. The molecular weight excluding hydrogens is 362 g/mol. The first-order chi connectivity index (χ1) is 13.5. The number of hydrogen-bond acceptors (Lipinski definition) is 6. The zero-order valence-corrected chi connectivity index (χ0v) is 17.0. The molecule has 4 saturated heterocycles. The quantitative estimate of drug-likeness (QED) is 0.675. The van der Waals surface area contributed by atoms with Gasteiger partial charge in [-0.3, -0.25) is 14.5 Å². The molecule has 0 saturated carbocycles. The first-order valence-corrected chi connectivity index (χ1v) is 10.6. The monoisotopic (exact) mass is 395 g/mol. The van der Waals surface area contributed by atoms with E-state index in [2.05, 4.69) is 10.2 Å². The van der Waals surface area contributed by atoms with Crippen LogP contribution in [0.1, 0.15) is 26.7 Å². The third-order valence-electron chi connectivity index (χ3n) is 6.50. The summed E-state index contributed by atoms with van der Waals surface area (Å²) in [6, 6.07) is 0.843. The summed E-state index contributed by atoms with van der Waals surface area (Å²) in [5.41, 5.74) is 0. The number of ether oxygens (including phenoxy) is 3. The molecule has 2 amide bonds. The molecule has 0 aliphatic carbocycles. The van der Waals surface area contributed by atoms with Gasteiger partial charge < -0.3 is 24.4 Å². The molecule has 0 unspecified atom stereocenters. The maximum atomic E-state index is 12.8. The molecule has 4 atom stereocenters. The molecule has 0 radical (unpaired) electrons. The van der Waals surface area contributed by atoms with Gasteiger partial charge in [0.15, 0.2) is 0 Å². The second kappa shape index (κ2) is 8.65. The van der Waals surface area contributed by atoms with Gasteiger partial charge in [0.05, 0.1) is 51.6 Å². The van der Waals surface area contributed by atoms with Crippen LogP contribution < -0.4 is 5.32 Å². The van der Waals surface area contributed by atoms with Gasteiger partial charge in [0.1, 0.15) is 0 Å². The zero-order valence-electron chi connectivity index (χ0n) is 17.0. The van der Waals surface area contributed by atoms with Gasteiger partial charge in [0, 0.05) is 44.1 Å². The minimum absolute atomic E-state index is 0.0932. The predicted molar refractivity (Wildman–Crippen MR) is 102 cm³/mol. The Hall–Kier alpha value is -1.22. The number of rotatable bonds is 6. The number of amides is 2. The van der Waals surface area contributed by atoms with Crippen molar-refractivity contribution in [3.8, 4) is 0 Å². The fraction of sp³-hybridized carbons (Fsp3) is 0.900. The van der Waals surface area contributed by atoms with E-state index in [0.29, 0.717) is 51.8 Å². The summed E-state index contributed by atoms with van der Waals surface area (Å²) in [6.45, 7) is 9.54. The highest BCUT2D eigenvalue weighted by atomic mass is 16.5. The SMILES string of the molecule is CC(C)NC(=O)C[C@@H]1CN(C2COC2)[C@@H]2CO[C@@H](CC(=O)N3CCOCC3)[C@H]12. The molecule has 4 heterocycles. The Labute approximate surface area is 166 Å². The maximum absolute atomic E-state index is 12.8. The molecule has 158 valence electrons. The number of nitrogens with zero attached hydrogens (tertiary/aromatic N) is 2. The van der Waals surface area contributed by atoms with E-state index in [9.17, 15) is 9.59 Å². The lowest BCUT2D eigenvalue weighted by Crippen LogP contribution is -2.52. The van der Waals surface area contributed by atoms with Crippen LogP contribution in [0.25, 0.3) is 0 Å². The van der Waals surface area contributed by atoms with Crippen molar-refractivity contribution in [2.75, 3.05) is 52.7 Å². The van der Waals surface area contributed by atoms with Crippen LogP contribution in [0.5, 0.6) is 0 Å². The lowest BCUT2D eigenvalue weighted by Gasteiger charge is -2.37. The van der Waals surface area contributed by atoms with E-state index in [1.165, 1.54) is 0 Å². The van der Waals surface area contributed by atoms with Crippen LogP contribution in [0.2, 0.25) is 0 Å². The van der Waals surface area contributed by atoms with Crippen molar-refractivity contribution < 1.29 is 23.8 Å². The van der Waals surface area contributed by atoms with Crippen molar-refractivity contribution in [3.05, 3.63) is 0 Å². The van der Waals surface area contributed by atoms with Crippen LogP contribution in [0, 0.1) is 11.8 Å². The van der Waals surface area contributed by atoms with E-state index in [1.54, 1.807) is 0 Å². The largest absolute Gasteiger partial charge is 0.378 e. The topological polar surface area (TPSA) is 80.3 Å². The number of nitrogens with one attached hydrogen (secondary N) is 1. The van der Waals surface area contributed by atoms with Gasteiger partial charge in [-0.15, -0.1) is 0 Å². The predicted octanol–water partition coefficient (Wildman–Crippen LogP) is -0.136. The second-order valence-corrected chi connectivity index (χ2v) is 8.79. The molecule has 0 bridgehead atoms. The summed E-state index contributed by atoms with van der Waals surface area (Å²) >= 11 is 0. The lowest BCUT2D eigenvalue weighted by atomic mass is 9.84.